The van der Waals surface area contributed by atoms with Crippen molar-refractivity contribution in [3.63, 3.8) is 0 Å². The maximum atomic E-state index is 4.18. The Bertz CT molecular complexity index is 223. The average Bonchev–Trinajstić information content (AvgIpc) is 1.88. The maximum Gasteiger partial charge on any atom is 0.0679 e. The summed E-state index contributed by atoms with van der Waals surface area (Å²) < 4.78 is 1.05. The lowest BCUT2D eigenvalue weighted by Gasteiger charge is -2.02. The molecule has 0 bridgehead atoms. The van der Waals surface area contributed by atoms with Gasteiger partial charge < -0.3 is 0 Å². The third-order valence-electron chi connectivity index (χ3n) is 1.16. The van der Waals surface area contributed by atoms with Crippen LogP contribution in [0, 0.1) is 0 Å². The molecule has 1 aromatic heterocycles. The molecule has 0 N–H and O–H groups in total. The van der Waals surface area contributed by atoms with Crippen LogP contribution >= 0.6 is 31.9 Å². The van der Waals surface area contributed by atoms with E-state index in [0.29, 0.717) is 4.83 Å². The molecule has 0 saturated carbocycles. The van der Waals surface area contributed by atoms with Gasteiger partial charge >= 0.3 is 0 Å². The molecule has 1 heterocycles. The molecule has 0 amide bonds. The Morgan fingerprint density at radius 3 is 2.70 bits per heavy atom. The monoisotopic (exact) mass is 263 g/mol. The number of pyridine rings is 1. The van der Waals surface area contributed by atoms with Crippen LogP contribution in [0.15, 0.2) is 22.8 Å². The molecule has 0 saturated heterocycles. The Kier molecular flexibility index (Phi) is 2.86. The minimum absolute atomic E-state index is 0.308. The van der Waals surface area contributed by atoms with Gasteiger partial charge in [-0.2, -0.15) is 0 Å². The van der Waals surface area contributed by atoms with Crippen LogP contribution in [0.25, 0.3) is 0 Å². The number of alkyl halides is 1. The predicted molar refractivity (Wildman–Crippen MR) is 49.3 cm³/mol. The third kappa shape index (κ3) is 1.80. The Morgan fingerprint density at radius 1 is 1.60 bits per heavy atom. The van der Waals surface area contributed by atoms with E-state index in [1.807, 2.05) is 19.1 Å². The minimum Gasteiger partial charge on any atom is -0.259 e. The molecule has 0 aliphatic rings. The fourth-order valence-electron chi connectivity index (χ4n) is 0.691. The number of halogens is 2. The van der Waals surface area contributed by atoms with Gasteiger partial charge in [-0.1, -0.05) is 15.9 Å². The van der Waals surface area contributed by atoms with E-state index in [2.05, 4.69) is 36.8 Å². The van der Waals surface area contributed by atoms with Gasteiger partial charge in [0.1, 0.15) is 0 Å². The van der Waals surface area contributed by atoms with Crippen molar-refractivity contribution in [2.75, 3.05) is 0 Å². The highest BCUT2D eigenvalue weighted by atomic mass is 79.9. The fraction of sp³-hybridized carbons (Fsp3) is 0.286. The summed E-state index contributed by atoms with van der Waals surface area (Å²) in [5.74, 6) is 0. The second-order valence-electron chi connectivity index (χ2n) is 1.99. The number of aromatic nitrogens is 1. The fourth-order valence-corrected chi connectivity index (χ4v) is 1.96. The lowest BCUT2D eigenvalue weighted by molar-refractivity contribution is 1.01. The Balaban J connectivity index is 3.03. The lowest BCUT2D eigenvalue weighted by Crippen LogP contribution is -1.89. The number of hydrogen-bond donors (Lipinski definition) is 0. The molecule has 0 fully saturated rings. The second-order valence-corrected chi connectivity index (χ2v) is 4.21. The molecule has 0 spiro atoms. The molecule has 1 rings (SSSR count). The van der Waals surface area contributed by atoms with Gasteiger partial charge in [0, 0.05) is 10.7 Å². The van der Waals surface area contributed by atoms with E-state index in [0.717, 1.165) is 10.2 Å². The summed E-state index contributed by atoms with van der Waals surface area (Å²) >= 11 is 6.85. The van der Waals surface area contributed by atoms with Gasteiger partial charge in [-0.15, -0.1) is 0 Å². The summed E-state index contributed by atoms with van der Waals surface area (Å²) in [7, 11) is 0. The third-order valence-corrected chi connectivity index (χ3v) is 2.27. The van der Waals surface area contributed by atoms with Crippen LogP contribution in [0.4, 0.5) is 0 Å². The summed E-state index contributed by atoms with van der Waals surface area (Å²) in [4.78, 5) is 4.49. The van der Waals surface area contributed by atoms with Gasteiger partial charge in [0.05, 0.1) is 10.5 Å². The van der Waals surface area contributed by atoms with Gasteiger partial charge in [0.15, 0.2) is 0 Å². The van der Waals surface area contributed by atoms with E-state index in [1.165, 1.54) is 0 Å². The Hall–Kier alpha value is 0.110. The molecular weight excluding hydrogens is 258 g/mol. The van der Waals surface area contributed by atoms with Crippen LogP contribution in [-0.4, -0.2) is 4.98 Å². The van der Waals surface area contributed by atoms with Crippen LogP contribution in [0.1, 0.15) is 17.4 Å². The van der Waals surface area contributed by atoms with Crippen molar-refractivity contribution in [1.82, 2.24) is 4.98 Å². The SMILES string of the molecule is CC(Br)c1ncccc1Br. The molecule has 3 heteroatoms. The summed E-state index contributed by atoms with van der Waals surface area (Å²) in [6.07, 6.45) is 1.79. The zero-order chi connectivity index (χ0) is 7.56. The van der Waals surface area contributed by atoms with Crippen molar-refractivity contribution in [2.24, 2.45) is 0 Å². The first-order valence-corrected chi connectivity index (χ1v) is 4.67. The van der Waals surface area contributed by atoms with Gasteiger partial charge in [-0.05, 0) is 35.0 Å². The molecule has 10 heavy (non-hydrogen) atoms. The summed E-state index contributed by atoms with van der Waals surface area (Å²) in [5.41, 5.74) is 1.04. The van der Waals surface area contributed by atoms with E-state index in [-0.39, 0.29) is 0 Å². The van der Waals surface area contributed by atoms with Gasteiger partial charge in [0.25, 0.3) is 0 Å². The quantitative estimate of drug-likeness (QED) is 0.710. The van der Waals surface area contributed by atoms with E-state index < -0.39 is 0 Å². The topological polar surface area (TPSA) is 12.9 Å². The van der Waals surface area contributed by atoms with Crippen molar-refractivity contribution in [3.8, 4) is 0 Å². The van der Waals surface area contributed by atoms with E-state index >= 15 is 0 Å². The van der Waals surface area contributed by atoms with Gasteiger partial charge in [0.2, 0.25) is 0 Å². The highest BCUT2D eigenvalue weighted by Gasteiger charge is 2.04. The predicted octanol–water partition coefficient (Wildman–Crippen LogP) is 3.30. The van der Waals surface area contributed by atoms with Crippen LogP contribution in [-0.2, 0) is 0 Å². The molecule has 0 aliphatic heterocycles. The molecule has 0 aliphatic carbocycles. The second kappa shape index (κ2) is 3.49. The van der Waals surface area contributed by atoms with E-state index in [4.69, 9.17) is 0 Å². The Labute approximate surface area is 77.1 Å². The van der Waals surface area contributed by atoms with Gasteiger partial charge in [-0.3, -0.25) is 4.98 Å². The highest BCUT2D eigenvalue weighted by molar-refractivity contribution is 9.11. The number of rotatable bonds is 1. The molecule has 1 nitrogen and oxygen atoms in total. The van der Waals surface area contributed by atoms with Crippen LogP contribution < -0.4 is 0 Å². The smallest absolute Gasteiger partial charge is 0.0679 e. The molecule has 0 radical (unpaired) electrons. The van der Waals surface area contributed by atoms with E-state index in [9.17, 15) is 0 Å². The van der Waals surface area contributed by atoms with Gasteiger partial charge in [-0.25, -0.2) is 0 Å². The lowest BCUT2D eigenvalue weighted by atomic mass is 10.3. The first kappa shape index (κ1) is 8.21. The number of nitrogens with zero attached hydrogens (tertiary/aromatic N) is 1. The number of hydrogen-bond acceptors (Lipinski definition) is 1. The van der Waals surface area contributed by atoms with E-state index in [1.54, 1.807) is 6.20 Å². The van der Waals surface area contributed by atoms with Crippen molar-refractivity contribution < 1.29 is 0 Å². The Morgan fingerprint density at radius 2 is 2.30 bits per heavy atom. The highest BCUT2D eigenvalue weighted by Crippen LogP contribution is 2.25. The summed E-state index contributed by atoms with van der Waals surface area (Å²) in [6.45, 7) is 2.05. The normalized spacial score (nSPS) is 13.1. The first-order valence-electron chi connectivity index (χ1n) is 2.96. The summed E-state index contributed by atoms with van der Waals surface area (Å²) in [6, 6.07) is 3.89. The zero-order valence-electron chi connectivity index (χ0n) is 5.51. The molecule has 1 unspecified atom stereocenters. The maximum absolute atomic E-state index is 4.18. The van der Waals surface area contributed by atoms with Crippen LogP contribution in [0.3, 0.4) is 0 Å². The molecule has 1 aromatic rings. The molecule has 54 valence electrons. The average molecular weight is 265 g/mol. The van der Waals surface area contributed by atoms with Crippen LogP contribution in [0.2, 0.25) is 0 Å². The largest absolute Gasteiger partial charge is 0.259 e. The van der Waals surface area contributed by atoms with Crippen molar-refractivity contribution >= 4 is 31.9 Å². The minimum atomic E-state index is 0.308. The molecular formula is C7H7Br2N. The van der Waals surface area contributed by atoms with Crippen molar-refractivity contribution in [2.45, 2.75) is 11.8 Å². The first-order chi connectivity index (χ1) is 4.72. The molecule has 0 aromatic carbocycles. The van der Waals surface area contributed by atoms with Crippen molar-refractivity contribution in [3.05, 3.63) is 28.5 Å². The van der Waals surface area contributed by atoms with Crippen molar-refractivity contribution in [1.29, 1.82) is 0 Å². The molecule has 1 atom stereocenters. The summed E-state index contributed by atoms with van der Waals surface area (Å²) in [5, 5.41) is 0. The standard InChI is InChI=1S/C7H7Br2N/c1-5(8)7-6(9)3-2-4-10-7/h2-5H,1H3. The zero-order valence-corrected chi connectivity index (χ0v) is 8.68. The van der Waals surface area contributed by atoms with Crippen LogP contribution in [0.5, 0.6) is 0 Å².